The summed E-state index contributed by atoms with van der Waals surface area (Å²) in [6, 6.07) is 16.8. The van der Waals surface area contributed by atoms with Crippen LogP contribution in [0.4, 0.5) is 5.69 Å². The molecule has 0 aromatic heterocycles. The van der Waals surface area contributed by atoms with E-state index in [1.54, 1.807) is 4.90 Å². The molecule has 2 atom stereocenters. The lowest BCUT2D eigenvalue weighted by atomic mass is 9.82. The molecule has 7 heteroatoms. The average molecular weight is 432 g/mol. The molecule has 0 N–H and O–H groups in total. The van der Waals surface area contributed by atoms with E-state index in [0.717, 1.165) is 17.7 Å². The van der Waals surface area contributed by atoms with Gasteiger partial charge in [-0.2, -0.15) is 0 Å². The predicted molar refractivity (Wildman–Crippen MR) is 117 cm³/mol. The van der Waals surface area contributed by atoms with Crippen LogP contribution in [0.5, 0.6) is 0 Å². The van der Waals surface area contributed by atoms with E-state index < -0.39 is 17.5 Å². The fraction of sp³-hybridized carbons (Fsp3) is 0.320. The van der Waals surface area contributed by atoms with Crippen LogP contribution in [0, 0.1) is 0 Å². The van der Waals surface area contributed by atoms with Crippen molar-refractivity contribution >= 4 is 23.5 Å². The van der Waals surface area contributed by atoms with Gasteiger partial charge in [0.25, 0.3) is 5.91 Å². The smallest absolute Gasteiger partial charge is 0.337 e. The fourth-order valence-electron chi connectivity index (χ4n) is 5.56. The van der Waals surface area contributed by atoms with Gasteiger partial charge in [-0.3, -0.25) is 9.69 Å². The van der Waals surface area contributed by atoms with Gasteiger partial charge in [0.2, 0.25) is 0 Å². The molecule has 0 unspecified atom stereocenters. The van der Waals surface area contributed by atoms with Crippen LogP contribution in [0.1, 0.15) is 24.0 Å². The third kappa shape index (κ3) is 2.61. The lowest BCUT2D eigenvalue weighted by molar-refractivity contribution is -0.141. The summed E-state index contributed by atoms with van der Waals surface area (Å²) >= 11 is 0. The Morgan fingerprint density at radius 1 is 1.00 bits per heavy atom. The van der Waals surface area contributed by atoms with Gasteiger partial charge in [-0.05, 0) is 24.5 Å². The van der Waals surface area contributed by atoms with E-state index in [1.807, 2.05) is 59.5 Å². The van der Waals surface area contributed by atoms with E-state index in [9.17, 15) is 14.4 Å². The van der Waals surface area contributed by atoms with E-state index in [2.05, 4.69) is 0 Å². The number of methoxy groups -OCH3 is 2. The molecule has 2 aromatic carbocycles. The highest BCUT2D eigenvalue weighted by molar-refractivity contribution is 6.18. The number of nitrogens with zero attached hydrogens (tertiary/aromatic N) is 2. The van der Waals surface area contributed by atoms with Gasteiger partial charge in [0.15, 0.2) is 5.54 Å². The minimum Gasteiger partial charge on any atom is -0.466 e. The number of anilines is 1. The zero-order chi connectivity index (χ0) is 22.5. The third-order valence-electron chi connectivity index (χ3n) is 6.77. The van der Waals surface area contributed by atoms with E-state index >= 15 is 0 Å². The predicted octanol–water partition coefficient (Wildman–Crippen LogP) is 2.55. The van der Waals surface area contributed by atoms with Crippen molar-refractivity contribution in [2.45, 2.75) is 31.0 Å². The quantitative estimate of drug-likeness (QED) is 0.692. The van der Waals surface area contributed by atoms with E-state index in [-0.39, 0.29) is 23.1 Å². The Morgan fingerprint density at radius 2 is 1.69 bits per heavy atom. The highest BCUT2D eigenvalue weighted by Crippen LogP contribution is 2.57. The molecule has 7 nitrogen and oxygen atoms in total. The Hall–Kier alpha value is -3.45. The SMILES string of the molecule is COC(=O)C1=C(C(=O)OC)[C@]2(C(=O)N(Cc3ccccc3)c3ccccc32)N2CCC[C@@H]12. The number of carbonyl (C=O) groups excluding carboxylic acids is 3. The second-order valence-electron chi connectivity index (χ2n) is 8.23. The van der Waals surface area contributed by atoms with E-state index in [1.165, 1.54) is 14.2 Å². The third-order valence-corrected chi connectivity index (χ3v) is 6.77. The van der Waals surface area contributed by atoms with Crippen molar-refractivity contribution in [2.75, 3.05) is 25.7 Å². The van der Waals surface area contributed by atoms with Gasteiger partial charge in [0.1, 0.15) is 0 Å². The summed E-state index contributed by atoms with van der Waals surface area (Å²) in [6.45, 7) is 0.948. The molecule has 3 heterocycles. The molecule has 1 fully saturated rings. The first-order valence-electron chi connectivity index (χ1n) is 10.7. The molecule has 0 saturated carbocycles. The number of benzene rings is 2. The molecule has 1 saturated heterocycles. The van der Waals surface area contributed by atoms with Crippen LogP contribution in [0.3, 0.4) is 0 Å². The average Bonchev–Trinajstić information content (AvgIpc) is 3.47. The maximum absolute atomic E-state index is 14.3. The van der Waals surface area contributed by atoms with Gasteiger partial charge in [0.05, 0.1) is 37.6 Å². The van der Waals surface area contributed by atoms with E-state index in [4.69, 9.17) is 9.47 Å². The van der Waals surface area contributed by atoms with Crippen LogP contribution in [-0.2, 0) is 35.9 Å². The first-order chi connectivity index (χ1) is 15.6. The van der Waals surface area contributed by atoms with Crippen molar-refractivity contribution in [3.8, 4) is 0 Å². The standard InChI is InChI=1S/C25H24N2O5/c1-31-22(28)20-19-13-8-14-27(19)25(21(20)23(29)32-2)17-11-6-7-12-18(17)26(24(25)30)15-16-9-4-3-5-10-16/h3-7,9-12,19H,8,13-15H2,1-2H3/t19-,25+/m0/s1. The summed E-state index contributed by atoms with van der Waals surface area (Å²) in [5.41, 5.74) is 1.33. The van der Waals surface area contributed by atoms with Gasteiger partial charge >= 0.3 is 11.9 Å². The Labute approximate surface area is 186 Å². The molecule has 1 amide bonds. The number of carbonyl (C=O) groups is 3. The largest absolute Gasteiger partial charge is 0.466 e. The maximum Gasteiger partial charge on any atom is 0.337 e. The Balaban J connectivity index is 1.76. The highest BCUT2D eigenvalue weighted by Gasteiger charge is 2.67. The van der Waals surface area contributed by atoms with Crippen molar-refractivity contribution < 1.29 is 23.9 Å². The first-order valence-corrected chi connectivity index (χ1v) is 10.7. The number of hydrogen-bond acceptors (Lipinski definition) is 6. The van der Waals surface area contributed by atoms with Gasteiger partial charge < -0.3 is 14.4 Å². The minimum absolute atomic E-state index is 0.0876. The molecule has 1 spiro atoms. The maximum atomic E-state index is 14.3. The van der Waals surface area contributed by atoms with Crippen molar-refractivity contribution in [2.24, 2.45) is 0 Å². The lowest BCUT2D eigenvalue weighted by Gasteiger charge is -2.35. The van der Waals surface area contributed by atoms with Gasteiger partial charge in [-0.1, -0.05) is 48.5 Å². The summed E-state index contributed by atoms with van der Waals surface area (Å²) in [7, 11) is 2.56. The Morgan fingerprint density at radius 3 is 2.41 bits per heavy atom. The summed E-state index contributed by atoms with van der Waals surface area (Å²) in [6.07, 6.45) is 1.48. The summed E-state index contributed by atoms with van der Waals surface area (Å²) in [5.74, 6) is -1.51. The van der Waals surface area contributed by atoms with Crippen molar-refractivity contribution in [3.05, 3.63) is 76.9 Å². The molecule has 5 rings (SSSR count). The molecular formula is C25H24N2O5. The lowest BCUT2D eigenvalue weighted by Crippen LogP contribution is -2.53. The number of ether oxygens (including phenoxy) is 2. The van der Waals surface area contributed by atoms with Gasteiger partial charge in [0, 0.05) is 18.2 Å². The van der Waals surface area contributed by atoms with Gasteiger partial charge in [-0.25, -0.2) is 9.59 Å². The first kappa shape index (κ1) is 20.5. The molecule has 0 aliphatic carbocycles. The molecular weight excluding hydrogens is 408 g/mol. The van der Waals surface area contributed by atoms with Gasteiger partial charge in [-0.15, -0.1) is 0 Å². The van der Waals surface area contributed by atoms with Crippen molar-refractivity contribution in [3.63, 3.8) is 0 Å². The van der Waals surface area contributed by atoms with Crippen LogP contribution in [0.25, 0.3) is 0 Å². The Bertz CT molecular complexity index is 1140. The molecule has 0 radical (unpaired) electrons. The summed E-state index contributed by atoms with van der Waals surface area (Å²) in [5, 5.41) is 0. The molecule has 3 aliphatic rings. The highest BCUT2D eigenvalue weighted by atomic mass is 16.5. The number of para-hydroxylation sites is 1. The molecule has 32 heavy (non-hydrogen) atoms. The second-order valence-corrected chi connectivity index (χ2v) is 8.23. The fourth-order valence-corrected chi connectivity index (χ4v) is 5.56. The van der Waals surface area contributed by atoms with Crippen LogP contribution >= 0.6 is 0 Å². The van der Waals surface area contributed by atoms with Crippen LogP contribution < -0.4 is 4.90 Å². The number of esters is 2. The second kappa shape index (κ2) is 7.60. The molecule has 3 aliphatic heterocycles. The zero-order valence-electron chi connectivity index (χ0n) is 18.0. The normalized spacial score (nSPS) is 24.1. The van der Waals surface area contributed by atoms with Crippen molar-refractivity contribution in [1.29, 1.82) is 0 Å². The number of rotatable bonds is 4. The number of fused-ring (bicyclic) bond motifs is 4. The minimum atomic E-state index is -1.40. The molecule has 0 bridgehead atoms. The Kier molecular flexibility index (Phi) is 4.86. The summed E-state index contributed by atoms with van der Waals surface area (Å²) < 4.78 is 10.2. The van der Waals surface area contributed by atoms with E-state index in [0.29, 0.717) is 25.1 Å². The van der Waals surface area contributed by atoms with Crippen LogP contribution in [0.2, 0.25) is 0 Å². The van der Waals surface area contributed by atoms with Crippen LogP contribution in [0.15, 0.2) is 65.7 Å². The zero-order valence-corrected chi connectivity index (χ0v) is 18.0. The monoisotopic (exact) mass is 432 g/mol. The number of amides is 1. The van der Waals surface area contributed by atoms with Crippen LogP contribution in [-0.4, -0.2) is 49.6 Å². The summed E-state index contributed by atoms with van der Waals surface area (Å²) in [4.78, 5) is 44.1. The molecule has 2 aromatic rings. The van der Waals surface area contributed by atoms with Crippen molar-refractivity contribution in [1.82, 2.24) is 4.90 Å². The number of hydrogen-bond donors (Lipinski definition) is 0. The molecule has 164 valence electrons. The topological polar surface area (TPSA) is 76.2 Å².